The number of aliphatic hydroxyl groups excluding tert-OH is 1. The fourth-order valence-electron chi connectivity index (χ4n) is 3.23. The molecule has 140 valence electrons. The van der Waals surface area contributed by atoms with Gasteiger partial charge in [-0.15, -0.1) is 10.2 Å². The molecule has 1 unspecified atom stereocenters. The molecule has 7 heteroatoms. The van der Waals surface area contributed by atoms with Gasteiger partial charge in [0.2, 0.25) is 5.13 Å². The van der Waals surface area contributed by atoms with Crippen molar-refractivity contribution in [3.8, 4) is 0 Å². The predicted octanol–water partition coefficient (Wildman–Crippen LogP) is 3.78. The van der Waals surface area contributed by atoms with Gasteiger partial charge in [0.15, 0.2) is 0 Å². The molecule has 1 N–H and O–H groups in total. The minimum absolute atomic E-state index is 0.0490. The number of anilines is 1. The highest BCUT2D eigenvalue weighted by atomic mass is 32.1. The number of hydrogen-bond donors (Lipinski definition) is 1. The van der Waals surface area contributed by atoms with E-state index in [9.17, 15) is 14.7 Å². The average Bonchev–Trinajstić information content (AvgIpc) is 3.30. The Kier molecular flexibility index (Phi) is 4.52. The van der Waals surface area contributed by atoms with E-state index >= 15 is 0 Å². The lowest BCUT2D eigenvalue weighted by Crippen LogP contribution is -2.29. The molecule has 1 saturated heterocycles. The second kappa shape index (κ2) is 7.01. The van der Waals surface area contributed by atoms with Crippen LogP contribution in [-0.2, 0) is 9.59 Å². The van der Waals surface area contributed by atoms with Gasteiger partial charge in [-0.05, 0) is 19.4 Å². The van der Waals surface area contributed by atoms with Crippen LogP contribution in [0.2, 0.25) is 0 Å². The predicted molar refractivity (Wildman–Crippen MR) is 107 cm³/mol. The zero-order valence-electron chi connectivity index (χ0n) is 15.3. The Balaban J connectivity index is 1.93. The highest BCUT2D eigenvalue weighted by molar-refractivity contribution is 7.13. The van der Waals surface area contributed by atoms with Crippen molar-refractivity contribution in [3.05, 3.63) is 81.9 Å². The van der Waals surface area contributed by atoms with Crippen molar-refractivity contribution in [2.24, 2.45) is 0 Å². The summed E-state index contributed by atoms with van der Waals surface area (Å²) in [5, 5.41) is 19.0. The van der Waals surface area contributed by atoms with E-state index < -0.39 is 17.7 Å². The van der Waals surface area contributed by atoms with Gasteiger partial charge in [0.1, 0.15) is 11.3 Å². The van der Waals surface area contributed by atoms with Gasteiger partial charge in [0, 0.05) is 5.56 Å². The summed E-state index contributed by atoms with van der Waals surface area (Å²) >= 11 is 1.17. The van der Waals surface area contributed by atoms with E-state index in [2.05, 4.69) is 10.2 Å². The average molecular weight is 391 g/mol. The molecule has 28 heavy (non-hydrogen) atoms. The third-order valence-electron chi connectivity index (χ3n) is 4.72. The molecular weight excluding hydrogens is 374 g/mol. The first-order chi connectivity index (χ1) is 13.5. The first kappa shape index (κ1) is 18.1. The topological polar surface area (TPSA) is 83.4 Å². The maximum absolute atomic E-state index is 12.9. The van der Waals surface area contributed by atoms with E-state index in [1.807, 2.05) is 50.2 Å². The number of aryl methyl sites for hydroxylation is 2. The molecule has 2 aromatic carbocycles. The smallest absolute Gasteiger partial charge is 0.301 e. The van der Waals surface area contributed by atoms with Crippen molar-refractivity contribution in [1.29, 1.82) is 0 Å². The van der Waals surface area contributed by atoms with Crippen LogP contribution in [-0.4, -0.2) is 27.0 Å². The van der Waals surface area contributed by atoms with Gasteiger partial charge >= 0.3 is 5.91 Å². The molecule has 4 rings (SSSR count). The molecule has 3 aromatic rings. The quantitative estimate of drug-likeness (QED) is 0.417. The summed E-state index contributed by atoms with van der Waals surface area (Å²) < 4.78 is 0. The summed E-state index contributed by atoms with van der Waals surface area (Å²) in [5.74, 6) is -1.66. The van der Waals surface area contributed by atoms with Gasteiger partial charge < -0.3 is 5.11 Å². The number of aliphatic hydroxyl groups is 1. The van der Waals surface area contributed by atoms with Crippen LogP contribution in [0, 0.1) is 13.8 Å². The van der Waals surface area contributed by atoms with Crippen LogP contribution in [0.15, 0.2) is 59.6 Å². The molecule has 1 aliphatic heterocycles. The minimum Gasteiger partial charge on any atom is -0.507 e. The summed E-state index contributed by atoms with van der Waals surface area (Å²) in [7, 11) is 0. The molecule has 1 aromatic heterocycles. The zero-order valence-corrected chi connectivity index (χ0v) is 16.1. The Morgan fingerprint density at radius 3 is 2.18 bits per heavy atom. The summed E-state index contributed by atoms with van der Waals surface area (Å²) in [5.41, 5.74) is 4.83. The molecule has 0 saturated carbocycles. The normalized spacial score (nSPS) is 18.6. The van der Waals surface area contributed by atoms with Crippen molar-refractivity contribution >= 4 is 33.9 Å². The van der Waals surface area contributed by atoms with Crippen molar-refractivity contribution in [2.75, 3.05) is 4.90 Å². The summed E-state index contributed by atoms with van der Waals surface area (Å²) in [6.07, 6.45) is 0. The maximum Gasteiger partial charge on any atom is 0.301 e. The van der Waals surface area contributed by atoms with Crippen molar-refractivity contribution < 1.29 is 14.7 Å². The lowest BCUT2D eigenvalue weighted by molar-refractivity contribution is -0.132. The number of benzene rings is 2. The number of amides is 1. The van der Waals surface area contributed by atoms with E-state index in [1.54, 1.807) is 12.1 Å². The molecule has 6 nitrogen and oxygen atoms in total. The number of rotatable bonds is 3. The summed E-state index contributed by atoms with van der Waals surface area (Å²) in [4.78, 5) is 27.0. The van der Waals surface area contributed by atoms with Gasteiger partial charge in [-0.2, -0.15) is 0 Å². The second-order valence-electron chi connectivity index (χ2n) is 6.67. The standard InChI is InChI=1S/C21H17N3O3S/c1-12-3-7-14(8-4-12)17-16(18(25)15-9-5-13(2)6-10-15)19(26)20(27)24(17)21-23-22-11-28-21/h3-11,17,25H,1-2H3/b18-16+. The Morgan fingerprint density at radius 1 is 1.00 bits per heavy atom. The van der Waals surface area contributed by atoms with Gasteiger partial charge in [-0.1, -0.05) is 71.0 Å². The van der Waals surface area contributed by atoms with E-state index in [4.69, 9.17) is 0 Å². The number of ketones is 1. The fourth-order valence-corrected chi connectivity index (χ4v) is 3.82. The number of aromatic nitrogens is 2. The number of nitrogens with zero attached hydrogens (tertiary/aromatic N) is 3. The van der Waals surface area contributed by atoms with Crippen molar-refractivity contribution in [1.82, 2.24) is 10.2 Å². The van der Waals surface area contributed by atoms with Crippen LogP contribution in [0.4, 0.5) is 5.13 Å². The highest BCUT2D eigenvalue weighted by Crippen LogP contribution is 2.42. The number of carbonyl (C=O) groups is 2. The van der Waals surface area contributed by atoms with Crippen LogP contribution < -0.4 is 4.90 Å². The van der Waals surface area contributed by atoms with Crippen molar-refractivity contribution in [2.45, 2.75) is 19.9 Å². The third-order valence-corrected chi connectivity index (χ3v) is 5.41. The van der Waals surface area contributed by atoms with Gasteiger partial charge in [0.05, 0.1) is 11.6 Å². The molecule has 1 aliphatic rings. The molecule has 0 spiro atoms. The van der Waals surface area contributed by atoms with Crippen LogP contribution in [0.25, 0.3) is 5.76 Å². The summed E-state index contributed by atoms with van der Waals surface area (Å²) in [6, 6.07) is 13.9. The number of carbonyl (C=O) groups excluding carboxylic acids is 2. The second-order valence-corrected chi connectivity index (χ2v) is 7.48. The van der Waals surface area contributed by atoms with Crippen LogP contribution in [0.3, 0.4) is 0 Å². The molecule has 0 radical (unpaired) electrons. The SMILES string of the molecule is Cc1ccc(/C(O)=C2\C(=O)C(=O)N(c3nncs3)C2c2ccc(C)cc2)cc1. The van der Waals surface area contributed by atoms with Gasteiger partial charge in [-0.25, -0.2) is 0 Å². The Bertz CT molecular complexity index is 1070. The Hall–Kier alpha value is -3.32. The molecule has 2 heterocycles. The van der Waals surface area contributed by atoms with Crippen LogP contribution >= 0.6 is 11.3 Å². The van der Waals surface area contributed by atoms with E-state index in [-0.39, 0.29) is 11.3 Å². The monoisotopic (exact) mass is 391 g/mol. The number of Topliss-reactive ketones (excluding diaryl/α,β-unsaturated/α-hetero) is 1. The number of hydrogen-bond acceptors (Lipinski definition) is 6. The van der Waals surface area contributed by atoms with Crippen LogP contribution in [0.1, 0.15) is 28.3 Å². The molecule has 0 bridgehead atoms. The van der Waals surface area contributed by atoms with E-state index in [0.717, 1.165) is 11.1 Å². The van der Waals surface area contributed by atoms with Gasteiger partial charge in [-0.3, -0.25) is 14.5 Å². The lowest BCUT2D eigenvalue weighted by Gasteiger charge is -2.22. The molecule has 1 amide bonds. The first-order valence-corrected chi connectivity index (χ1v) is 9.56. The largest absolute Gasteiger partial charge is 0.507 e. The lowest BCUT2D eigenvalue weighted by atomic mass is 9.94. The molecular formula is C21H17N3O3S. The minimum atomic E-state index is -0.769. The van der Waals surface area contributed by atoms with Gasteiger partial charge in [0.25, 0.3) is 5.78 Å². The highest BCUT2D eigenvalue weighted by Gasteiger charge is 2.48. The molecule has 1 atom stereocenters. The fraction of sp³-hybridized carbons (Fsp3) is 0.143. The Morgan fingerprint density at radius 2 is 1.61 bits per heavy atom. The van der Waals surface area contributed by atoms with E-state index in [0.29, 0.717) is 16.3 Å². The van der Waals surface area contributed by atoms with E-state index in [1.165, 1.54) is 21.7 Å². The zero-order chi connectivity index (χ0) is 19.8. The van der Waals surface area contributed by atoms with Crippen molar-refractivity contribution in [3.63, 3.8) is 0 Å². The maximum atomic E-state index is 12.9. The molecule has 0 aliphatic carbocycles. The van der Waals surface area contributed by atoms with Crippen LogP contribution in [0.5, 0.6) is 0 Å². The Labute approximate surface area is 165 Å². The molecule has 1 fully saturated rings. The summed E-state index contributed by atoms with van der Waals surface area (Å²) in [6.45, 7) is 3.89. The first-order valence-electron chi connectivity index (χ1n) is 8.68. The third kappa shape index (κ3) is 2.99.